The molecule has 0 saturated carbocycles. The van der Waals surface area contributed by atoms with Gasteiger partial charge in [0.2, 0.25) is 0 Å². The SMILES string of the molecule is CCOc1ccc(S(=O)(=O)Nc2cccc(OC)c2)cc1NC(=O)c1ccc(Cl)cc1. The zero-order valence-electron chi connectivity index (χ0n) is 16.9. The minimum absolute atomic E-state index is 0.0369. The van der Waals surface area contributed by atoms with Gasteiger partial charge in [-0.05, 0) is 61.5 Å². The minimum Gasteiger partial charge on any atom is -0.497 e. The first-order valence-electron chi connectivity index (χ1n) is 9.33. The summed E-state index contributed by atoms with van der Waals surface area (Å²) in [5.41, 5.74) is 0.949. The van der Waals surface area contributed by atoms with E-state index in [1.54, 1.807) is 55.5 Å². The third-order valence-corrected chi connectivity index (χ3v) is 5.87. The van der Waals surface area contributed by atoms with Gasteiger partial charge in [0, 0.05) is 16.7 Å². The Labute approximate surface area is 186 Å². The molecule has 0 unspecified atom stereocenters. The Balaban J connectivity index is 1.90. The summed E-state index contributed by atoms with van der Waals surface area (Å²) in [5.74, 6) is 0.445. The molecule has 0 spiro atoms. The number of hydrogen-bond donors (Lipinski definition) is 2. The first kappa shape index (κ1) is 22.5. The van der Waals surface area contributed by atoms with Crippen LogP contribution >= 0.6 is 11.6 Å². The second kappa shape index (κ2) is 9.72. The maximum absolute atomic E-state index is 12.9. The van der Waals surface area contributed by atoms with Crippen molar-refractivity contribution in [3.8, 4) is 11.5 Å². The number of halogens is 1. The van der Waals surface area contributed by atoms with Crippen LogP contribution in [0.2, 0.25) is 5.02 Å². The number of ether oxygens (including phenoxy) is 2. The Morgan fingerprint density at radius 2 is 1.77 bits per heavy atom. The van der Waals surface area contributed by atoms with Crippen LogP contribution in [-0.2, 0) is 10.0 Å². The van der Waals surface area contributed by atoms with Crippen molar-refractivity contribution in [3.05, 3.63) is 77.3 Å². The van der Waals surface area contributed by atoms with Crippen LogP contribution in [0.5, 0.6) is 11.5 Å². The van der Waals surface area contributed by atoms with Gasteiger partial charge < -0.3 is 14.8 Å². The monoisotopic (exact) mass is 460 g/mol. The zero-order valence-corrected chi connectivity index (χ0v) is 18.5. The molecule has 31 heavy (non-hydrogen) atoms. The number of carbonyl (C=O) groups excluding carboxylic acids is 1. The van der Waals surface area contributed by atoms with Crippen molar-refractivity contribution < 1.29 is 22.7 Å². The van der Waals surface area contributed by atoms with Gasteiger partial charge in [0.25, 0.3) is 15.9 Å². The number of benzene rings is 3. The maximum atomic E-state index is 12.9. The van der Waals surface area contributed by atoms with Crippen molar-refractivity contribution in [1.82, 2.24) is 0 Å². The van der Waals surface area contributed by atoms with E-state index in [0.717, 1.165) is 0 Å². The molecule has 3 aromatic carbocycles. The Morgan fingerprint density at radius 1 is 1.03 bits per heavy atom. The number of rotatable bonds is 8. The first-order chi connectivity index (χ1) is 14.8. The highest BCUT2D eigenvalue weighted by Crippen LogP contribution is 2.30. The lowest BCUT2D eigenvalue weighted by molar-refractivity contribution is 0.102. The van der Waals surface area contributed by atoms with Crippen LogP contribution < -0.4 is 19.5 Å². The van der Waals surface area contributed by atoms with Crippen LogP contribution in [0, 0.1) is 0 Å². The summed E-state index contributed by atoms with van der Waals surface area (Å²) in [5, 5.41) is 3.21. The van der Waals surface area contributed by atoms with E-state index >= 15 is 0 Å². The molecule has 2 N–H and O–H groups in total. The predicted molar refractivity (Wildman–Crippen MR) is 121 cm³/mol. The van der Waals surface area contributed by atoms with Gasteiger partial charge in [0.1, 0.15) is 11.5 Å². The Bertz CT molecular complexity index is 1180. The van der Waals surface area contributed by atoms with Crippen LogP contribution in [-0.4, -0.2) is 28.0 Å². The van der Waals surface area contributed by atoms with E-state index in [1.807, 2.05) is 0 Å². The van der Waals surface area contributed by atoms with E-state index in [2.05, 4.69) is 10.0 Å². The summed E-state index contributed by atoms with van der Waals surface area (Å²) < 4.78 is 39.0. The summed E-state index contributed by atoms with van der Waals surface area (Å²) in [6.07, 6.45) is 0. The van der Waals surface area contributed by atoms with Crippen molar-refractivity contribution in [3.63, 3.8) is 0 Å². The highest BCUT2D eigenvalue weighted by molar-refractivity contribution is 7.92. The number of amides is 1. The van der Waals surface area contributed by atoms with Crippen LogP contribution in [0.25, 0.3) is 0 Å². The van der Waals surface area contributed by atoms with Gasteiger partial charge >= 0.3 is 0 Å². The molecule has 1 amide bonds. The molecule has 0 saturated heterocycles. The number of methoxy groups -OCH3 is 1. The second-order valence-corrected chi connectivity index (χ2v) is 8.51. The molecule has 0 aliphatic rings. The molecule has 0 aromatic heterocycles. The smallest absolute Gasteiger partial charge is 0.261 e. The minimum atomic E-state index is -3.93. The molecular weight excluding hydrogens is 440 g/mol. The highest BCUT2D eigenvalue weighted by atomic mass is 35.5. The van der Waals surface area contributed by atoms with Gasteiger partial charge in [-0.15, -0.1) is 0 Å². The Hall–Kier alpha value is -3.23. The molecule has 7 nitrogen and oxygen atoms in total. The summed E-state index contributed by atoms with van der Waals surface area (Å²) in [4.78, 5) is 12.6. The lowest BCUT2D eigenvalue weighted by Gasteiger charge is -2.15. The maximum Gasteiger partial charge on any atom is 0.261 e. The van der Waals surface area contributed by atoms with E-state index in [-0.39, 0.29) is 10.6 Å². The van der Waals surface area contributed by atoms with Gasteiger partial charge in [0.15, 0.2) is 0 Å². The summed E-state index contributed by atoms with van der Waals surface area (Å²) >= 11 is 5.87. The first-order valence-corrected chi connectivity index (χ1v) is 11.2. The van der Waals surface area contributed by atoms with Gasteiger partial charge in [-0.3, -0.25) is 9.52 Å². The molecule has 0 aliphatic carbocycles. The highest BCUT2D eigenvalue weighted by Gasteiger charge is 2.19. The molecule has 3 rings (SSSR count). The van der Waals surface area contributed by atoms with E-state index < -0.39 is 15.9 Å². The fraction of sp³-hybridized carbons (Fsp3) is 0.136. The molecule has 0 bridgehead atoms. The van der Waals surface area contributed by atoms with Gasteiger partial charge in [-0.1, -0.05) is 17.7 Å². The van der Waals surface area contributed by atoms with E-state index in [0.29, 0.717) is 34.4 Å². The fourth-order valence-corrected chi connectivity index (χ4v) is 3.95. The third-order valence-electron chi connectivity index (χ3n) is 4.24. The molecule has 0 fully saturated rings. The van der Waals surface area contributed by atoms with Gasteiger partial charge in [0.05, 0.1) is 30.0 Å². The number of anilines is 2. The largest absolute Gasteiger partial charge is 0.497 e. The zero-order chi connectivity index (χ0) is 22.4. The molecule has 162 valence electrons. The lowest BCUT2D eigenvalue weighted by Crippen LogP contribution is -2.16. The normalized spacial score (nSPS) is 10.9. The third kappa shape index (κ3) is 5.68. The second-order valence-electron chi connectivity index (χ2n) is 6.39. The molecule has 0 heterocycles. The van der Waals surface area contributed by atoms with Crippen molar-refractivity contribution >= 4 is 38.9 Å². The fourth-order valence-electron chi connectivity index (χ4n) is 2.75. The molecule has 0 aliphatic heterocycles. The Kier molecular flexibility index (Phi) is 7.04. The quantitative estimate of drug-likeness (QED) is 0.503. The van der Waals surface area contributed by atoms with Crippen molar-refractivity contribution in [2.24, 2.45) is 0 Å². The summed E-state index contributed by atoms with van der Waals surface area (Å²) in [7, 11) is -2.43. The number of sulfonamides is 1. The van der Waals surface area contributed by atoms with Crippen LogP contribution in [0.1, 0.15) is 17.3 Å². The topological polar surface area (TPSA) is 93.7 Å². The average molecular weight is 461 g/mol. The van der Waals surface area contributed by atoms with E-state index in [9.17, 15) is 13.2 Å². The summed E-state index contributed by atoms with van der Waals surface area (Å²) in [6, 6.07) is 17.1. The van der Waals surface area contributed by atoms with Crippen molar-refractivity contribution in [1.29, 1.82) is 0 Å². The van der Waals surface area contributed by atoms with E-state index in [4.69, 9.17) is 21.1 Å². The molecule has 3 aromatic rings. The Morgan fingerprint density at radius 3 is 2.45 bits per heavy atom. The molecular formula is C22H21ClN2O5S. The number of carbonyl (C=O) groups is 1. The molecule has 9 heteroatoms. The lowest BCUT2D eigenvalue weighted by atomic mass is 10.2. The van der Waals surface area contributed by atoms with Crippen molar-refractivity contribution in [2.75, 3.05) is 23.8 Å². The average Bonchev–Trinajstić information content (AvgIpc) is 2.75. The molecule has 0 atom stereocenters. The number of nitrogens with one attached hydrogen (secondary N) is 2. The standard InChI is InChI=1S/C22H21ClN2O5S/c1-3-30-21-12-11-19(31(27,28)25-17-5-4-6-18(13-17)29-2)14-20(21)24-22(26)15-7-9-16(23)10-8-15/h4-14,25H,3H2,1-2H3,(H,24,26). The van der Waals surface area contributed by atoms with E-state index in [1.165, 1.54) is 25.3 Å². The molecule has 0 radical (unpaired) electrons. The van der Waals surface area contributed by atoms with Crippen LogP contribution in [0.4, 0.5) is 11.4 Å². The van der Waals surface area contributed by atoms with Crippen LogP contribution in [0.15, 0.2) is 71.6 Å². The van der Waals surface area contributed by atoms with Gasteiger partial charge in [-0.25, -0.2) is 8.42 Å². The predicted octanol–water partition coefficient (Wildman–Crippen LogP) is 4.80. The summed E-state index contributed by atoms with van der Waals surface area (Å²) in [6.45, 7) is 2.14. The van der Waals surface area contributed by atoms with Gasteiger partial charge in [-0.2, -0.15) is 0 Å². The van der Waals surface area contributed by atoms with Crippen LogP contribution in [0.3, 0.4) is 0 Å². The number of hydrogen-bond acceptors (Lipinski definition) is 5. The van der Waals surface area contributed by atoms with Crippen molar-refractivity contribution in [2.45, 2.75) is 11.8 Å².